The maximum absolute atomic E-state index is 12.5. The van der Waals surface area contributed by atoms with Crippen LogP contribution in [-0.2, 0) is 19.6 Å². The largest absolute Gasteiger partial charge is 0.490 e. The number of ether oxygens (including phenoxy) is 2. The molecule has 2 N–H and O–H groups in total. The number of amides is 2. The molecule has 0 saturated heterocycles. The lowest BCUT2D eigenvalue weighted by Gasteiger charge is -2.20. The first-order chi connectivity index (χ1) is 14.5. The Hall–Kier alpha value is -2.66. The van der Waals surface area contributed by atoms with Crippen molar-refractivity contribution in [2.45, 2.75) is 17.9 Å². The summed E-state index contributed by atoms with van der Waals surface area (Å²) < 4.78 is 32.9. The zero-order chi connectivity index (χ0) is 22.9. The molecule has 2 aromatic rings. The predicted octanol–water partition coefficient (Wildman–Crippen LogP) is 2.25. The smallest absolute Gasteiger partial charge is 0.329 e. The van der Waals surface area contributed by atoms with Crippen molar-refractivity contribution >= 4 is 51.0 Å². The number of rotatable bonds is 7. The van der Waals surface area contributed by atoms with Gasteiger partial charge in [0.15, 0.2) is 0 Å². The van der Waals surface area contributed by atoms with E-state index < -0.39 is 33.8 Å². The average Bonchev–Trinajstić information content (AvgIpc) is 2.94. The number of benzene rings is 2. The van der Waals surface area contributed by atoms with Gasteiger partial charge in [-0.05, 0) is 43.3 Å². The molecule has 0 radical (unpaired) electrons. The van der Waals surface area contributed by atoms with Crippen LogP contribution in [0.3, 0.4) is 0 Å². The van der Waals surface area contributed by atoms with Crippen LogP contribution in [0.4, 0.5) is 0 Å². The van der Waals surface area contributed by atoms with Gasteiger partial charge in [0.05, 0.1) is 26.1 Å². The third kappa shape index (κ3) is 4.82. The quantitative estimate of drug-likeness (QED) is 0.360. The molecule has 9 nitrogen and oxygen atoms in total. The van der Waals surface area contributed by atoms with E-state index in [0.717, 1.165) is 4.90 Å². The summed E-state index contributed by atoms with van der Waals surface area (Å²) in [5.41, 5.74) is 0.121. The molecule has 12 heteroatoms. The summed E-state index contributed by atoms with van der Waals surface area (Å²) >= 11 is 11.8. The maximum atomic E-state index is 12.5. The van der Waals surface area contributed by atoms with Gasteiger partial charge in [0, 0.05) is 0 Å². The van der Waals surface area contributed by atoms with Crippen molar-refractivity contribution in [3.8, 4) is 5.75 Å². The summed E-state index contributed by atoms with van der Waals surface area (Å²) in [5, 5.41) is 5.25. The van der Waals surface area contributed by atoms with Gasteiger partial charge in [-0.25, -0.2) is 18.4 Å². The van der Waals surface area contributed by atoms with Gasteiger partial charge in [0.2, 0.25) is 10.0 Å². The zero-order valence-corrected chi connectivity index (χ0v) is 18.3. The third-order valence-corrected chi connectivity index (χ3v) is 6.09. The molecule has 0 aliphatic carbocycles. The number of hydrogen-bond donors (Lipinski definition) is 1. The number of carbonyl (C=O) groups is 3. The molecule has 1 aliphatic rings. The molecule has 1 atom stereocenters. The van der Waals surface area contributed by atoms with Gasteiger partial charge in [-0.2, -0.15) is 0 Å². The number of esters is 1. The normalized spacial score (nSPS) is 14.4. The standard InChI is InChI=1S/C19H16Cl2N2O7S/c1-10(23-17(24)13-8-15(20)16(21)9-14(13)18(23)25)19(26)30-7-6-29-11-2-4-12(5-3-11)31(22,27)28/h2-5,8-10H,6-7H2,1H3,(H2,22,27,28)/t10-/m0/s1. The topological polar surface area (TPSA) is 133 Å². The molecule has 31 heavy (non-hydrogen) atoms. The molecule has 1 aliphatic heterocycles. The van der Waals surface area contributed by atoms with Crippen molar-refractivity contribution in [3.05, 3.63) is 57.6 Å². The summed E-state index contributed by atoms with van der Waals surface area (Å²) in [5.74, 6) is -1.81. The summed E-state index contributed by atoms with van der Waals surface area (Å²) in [6.07, 6.45) is 0. The second kappa shape index (κ2) is 8.83. The fourth-order valence-electron chi connectivity index (χ4n) is 2.86. The Labute approximate surface area is 187 Å². The van der Waals surface area contributed by atoms with E-state index in [1.807, 2.05) is 0 Å². The third-order valence-electron chi connectivity index (χ3n) is 4.44. The molecule has 0 fully saturated rings. The van der Waals surface area contributed by atoms with E-state index in [1.165, 1.54) is 43.3 Å². The van der Waals surface area contributed by atoms with Crippen LogP contribution in [0, 0.1) is 0 Å². The zero-order valence-electron chi connectivity index (χ0n) is 16.0. The molecule has 0 spiro atoms. The fraction of sp³-hybridized carbons (Fsp3) is 0.211. The van der Waals surface area contributed by atoms with Crippen molar-refractivity contribution in [3.63, 3.8) is 0 Å². The van der Waals surface area contributed by atoms with E-state index in [1.54, 1.807) is 0 Å². The van der Waals surface area contributed by atoms with Crippen molar-refractivity contribution < 1.29 is 32.3 Å². The van der Waals surface area contributed by atoms with Crippen LogP contribution in [0.1, 0.15) is 27.6 Å². The minimum atomic E-state index is -3.81. The fourth-order valence-corrected chi connectivity index (χ4v) is 3.70. The first-order valence-electron chi connectivity index (χ1n) is 8.80. The van der Waals surface area contributed by atoms with Gasteiger partial charge in [-0.15, -0.1) is 0 Å². The molecule has 0 unspecified atom stereocenters. The molecule has 3 rings (SSSR count). The van der Waals surface area contributed by atoms with Crippen molar-refractivity contribution in [2.75, 3.05) is 13.2 Å². The Morgan fingerprint density at radius 3 is 2.03 bits per heavy atom. The summed E-state index contributed by atoms with van der Waals surface area (Å²) in [4.78, 5) is 38.1. The van der Waals surface area contributed by atoms with Gasteiger partial charge in [0.25, 0.3) is 11.8 Å². The van der Waals surface area contributed by atoms with Gasteiger partial charge in [0.1, 0.15) is 25.0 Å². The van der Waals surface area contributed by atoms with Crippen LogP contribution in [0.2, 0.25) is 10.0 Å². The van der Waals surface area contributed by atoms with Crippen LogP contribution in [-0.4, -0.2) is 50.4 Å². The number of imide groups is 1. The minimum absolute atomic E-state index is 0.0412. The van der Waals surface area contributed by atoms with Crippen LogP contribution in [0.25, 0.3) is 0 Å². The van der Waals surface area contributed by atoms with Gasteiger partial charge in [-0.1, -0.05) is 23.2 Å². The number of sulfonamides is 1. The van der Waals surface area contributed by atoms with Crippen LogP contribution in [0.15, 0.2) is 41.3 Å². The number of nitrogens with two attached hydrogens (primary N) is 1. The highest BCUT2D eigenvalue weighted by molar-refractivity contribution is 7.89. The number of nitrogens with zero attached hydrogens (tertiary/aromatic N) is 1. The maximum Gasteiger partial charge on any atom is 0.329 e. The van der Waals surface area contributed by atoms with E-state index in [2.05, 4.69) is 0 Å². The van der Waals surface area contributed by atoms with E-state index in [4.69, 9.17) is 37.8 Å². The first-order valence-corrected chi connectivity index (χ1v) is 11.1. The lowest BCUT2D eigenvalue weighted by Crippen LogP contribution is -2.44. The van der Waals surface area contributed by atoms with Crippen LogP contribution in [0.5, 0.6) is 5.75 Å². The molecule has 2 amide bonds. The highest BCUT2D eigenvalue weighted by Gasteiger charge is 2.42. The van der Waals surface area contributed by atoms with Crippen molar-refractivity contribution in [2.24, 2.45) is 5.14 Å². The summed E-state index contributed by atoms with van der Waals surface area (Å²) in [6, 6.07) is 6.75. The van der Waals surface area contributed by atoms with Gasteiger partial charge < -0.3 is 9.47 Å². The molecule has 164 valence electrons. The lowest BCUT2D eigenvalue weighted by atomic mass is 10.1. The molecule has 2 aromatic carbocycles. The second-order valence-electron chi connectivity index (χ2n) is 6.50. The van der Waals surface area contributed by atoms with Crippen LogP contribution >= 0.6 is 23.2 Å². The molecule has 0 saturated carbocycles. The highest BCUT2D eigenvalue weighted by atomic mass is 35.5. The number of fused-ring (bicyclic) bond motifs is 1. The average molecular weight is 487 g/mol. The van der Waals surface area contributed by atoms with E-state index in [9.17, 15) is 22.8 Å². The van der Waals surface area contributed by atoms with Gasteiger partial charge in [-0.3, -0.25) is 14.5 Å². The second-order valence-corrected chi connectivity index (χ2v) is 8.88. The molecular weight excluding hydrogens is 471 g/mol. The lowest BCUT2D eigenvalue weighted by molar-refractivity contribution is -0.148. The summed E-state index contributed by atoms with van der Waals surface area (Å²) in [6.45, 7) is 1.15. The SMILES string of the molecule is C[C@@H](C(=O)OCCOc1ccc(S(N)(=O)=O)cc1)N1C(=O)c2cc(Cl)c(Cl)cc2C1=O. The van der Waals surface area contributed by atoms with E-state index in [0.29, 0.717) is 5.75 Å². The Balaban J connectivity index is 1.55. The van der Waals surface area contributed by atoms with E-state index in [-0.39, 0.29) is 39.3 Å². The number of hydrogen-bond acceptors (Lipinski definition) is 7. The van der Waals surface area contributed by atoms with Crippen molar-refractivity contribution in [1.82, 2.24) is 4.90 Å². The Bertz CT molecular complexity index is 1130. The number of halogens is 2. The van der Waals surface area contributed by atoms with E-state index >= 15 is 0 Å². The predicted molar refractivity (Wildman–Crippen MR) is 111 cm³/mol. The molecular formula is C19H16Cl2N2O7S. The molecule has 1 heterocycles. The Kier molecular flexibility index (Phi) is 6.56. The highest BCUT2D eigenvalue weighted by Crippen LogP contribution is 2.32. The Morgan fingerprint density at radius 1 is 1.03 bits per heavy atom. The number of carbonyl (C=O) groups excluding carboxylic acids is 3. The van der Waals surface area contributed by atoms with Crippen molar-refractivity contribution in [1.29, 1.82) is 0 Å². The van der Waals surface area contributed by atoms with Crippen LogP contribution < -0.4 is 9.88 Å². The molecule has 0 aromatic heterocycles. The first kappa shape index (κ1) is 23.0. The monoisotopic (exact) mass is 486 g/mol. The van der Waals surface area contributed by atoms with Gasteiger partial charge >= 0.3 is 5.97 Å². The Morgan fingerprint density at radius 2 is 1.55 bits per heavy atom. The summed E-state index contributed by atoms with van der Waals surface area (Å²) in [7, 11) is -3.81. The minimum Gasteiger partial charge on any atom is -0.490 e. The molecule has 0 bridgehead atoms. The number of primary sulfonamides is 1.